The molecule has 0 aromatic heterocycles. The van der Waals surface area contributed by atoms with Crippen LogP contribution in [0.1, 0.15) is 5.56 Å². The van der Waals surface area contributed by atoms with E-state index < -0.39 is 12.1 Å². The molecule has 0 radical (unpaired) electrons. The van der Waals surface area contributed by atoms with Crippen molar-refractivity contribution in [1.29, 1.82) is 0 Å². The number of nitrogens with zero attached hydrogens (tertiary/aromatic N) is 1. The lowest BCUT2D eigenvalue weighted by Crippen LogP contribution is -2.33. The number of carboxylic acids is 1. The van der Waals surface area contributed by atoms with Crippen LogP contribution in [0.3, 0.4) is 0 Å². The van der Waals surface area contributed by atoms with E-state index in [2.05, 4.69) is 51.5 Å². The van der Waals surface area contributed by atoms with E-state index in [9.17, 15) is 13.2 Å². The van der Waals surface area contributed by atoms with Crippen molar-refractivity contribution < 1.29 is 27.6 Å². The first kappa shape index (κ1) is 16.4. The molecule has 0 heterocycles. The first-order chi connectivity index (χ1) is 8.02. The summed E-state index contributed by atoms with van der Waals surface area (Å²) in [7, 11) is 6.60. The highest BCUT2D eigenvalue weighted by Gasteiger charge is 2.38. The molecule has 0 saturated carbocycles. The lowest BCUT2D eigenvalue weighted by molar-refractivity contribution is -0.884. The summed E-state index contributed by atoms with van der Waals surface area (Å²) in [5, 5.41) is 7.12. The minimum Gasteiger partial charge on any atom is -0.475 e. The summed E-state index contributed by atoms with van der Waals surface area (Å²) in [5.74, 6) is -2.76. The molecule has 0 unspecified atom stereocenters. The number of hydrogen-bond donors (Lipinski definition) is 1. The van der Waals surface area contributed by atoms with Gasteiger partial charge in [-0.1, -0.05) is 30.3 Å². The molecule has 1 aromatic carbocycles. The van der Waals surface area contributed by atoms with Crippen molar-refractivity contribution in [2.45, 2.75) is 12.7 Å². The third-order valence-electron chi connectivity index (χ3n) is 1.74. The zero-order valence-corrected chi connectivity index (χ0v) is 10.5. The van der Waals surface area contributed by atoms with Crippen LogP contribution < -0.4 is 0 Å². The van der Waals surface area contributed by atoms with Gasteiger partial charge in [-0.2, -0.15) is 13.2 Å². The number of hydrogen-bond acceptors (Lipinski definition) is 1. The second-order valence-corrected chi connectivity index (χ2v) is 4.74. The standard InChI is InChI=1S/C10H16N.C2HF3O2/c1-11(2,3)9-10-7-5-4-6-8-10;3-2(4,5)1(6)7/h4-8H,9H2,1-3H3;(H,6,7)/q+1;. The molecule has 0 aliphatic rings. The molecular weight excluding hydrogens is 247 g/mol. The monoisotopic (exact) mass is 264 g/mol. The summed E-state index contributed by atoms with van der Waals surface area (Å²) in [6, 6.07) is 10.6. The third kappa shape index (κ3) is 8.58. The van der Waals surface area contributed by atoms with Gasteiger partial charge in [0, 0.05) is 5.56 Å². The van der Waals surface area contributed by atoms with Crippen LogP contribution in [0.25, 0.3) is 0 Å². The van der Waals surface area contributed by atoms with Crippen LogP contribution in [0.4, 0.5) is 13.2 Å². The Kier molecular flexibility index (Phi) is 5.84. The van der Waals surface area contributed by atoms with Crippen molar-refractivity contribution >= 4 is 5.97 Å². The minimum atomic E-state index is -5.08. The highest BCUT2D eigenvalue weighted by Crippen LogP contribution is 2.13. The van der Waals surface area contributed by atoms with Crippen molar-refractivity contribution in [3.63, 3.8) is 0 Å². The van der Waals surface area contributed by atoms with Gasteiger partial charge in [-0.25, -0.2) is 4.79 Å². The predicted molar refractivity (Wildman–Crippen MR) is 61.9 cm³/mol. The van der Waals surface area contributed by atoms with Gasteiger partial charge in [-0.15, -0.1) is 0 Å². The molecule has 0 spiro atoms. The smallest absolute Gasteiger partial charge is 0.475 e. The Labute approximate surface area is 104 Å². The highest BCUT2D eigenvalue weighted by atomic mass is 19.4. The van der Waals surface area contributed by atoms with Crippen LogP contribution in [0.2, 0.25) is 0 Å². The van der Waals surface area contributed by atoms with Gasteiger partial charge < -0.3 is 9.59 Å². The van der Waals surface area contributed by atoms with Crippen LogP contribution in [0, 0.1) is 0 Å². The van der Waals surface area contributed by atoms with Gasteiger partial charge in [0.05, 0.1) is 21.1 Å². The summed E-state index contributed by atoms with van der Waals surface area (Å²) < 4.78 is 32.7. The van der Waals surface area contributed by atoms with Crippen LogP contribution >= 0.6 is 0 Å². The Morgan fingerprint density at radius 3 is 1.83 bits per heavy atom. The van der Waals surface area contributed by atoms with Crippen LogP contribution in [-0.4, -0.2) is 42.9 Å². The second kappa shape index (κ2) is 6.39. The first-order valence-corrected chi connectivity index (χ1v) is 5.17. The molecule has 0 saturated heterocycles. The van der Waals surface area contributed by atoms with Gasteiger partial charge in [0.25, 0.3) is 0 Å². The van der Waals surface area contributed by atoms with E-state index in [4.69, 9.17) is 9.90 Å². The second-order valence-electron chi connectivity index (χ2n) is 4.74. The van der Waals surface area contributed by atoms with E-state index in [0.717, 1.165) is 11.0 Å². The van der Waals surface area contributed by atoms with Crippen molar-refractivity contribution in [2.24, 2.45) is 0 Å². The quantitative estimate of drug-likeness (QED) is 0.833. The van der Waals surface area contributed by atoms with Gasteiger partial charge in [-0.05, 0) is 0 Å². The SMILES string of the molecule is C[N+](C)(C)Cc1ccccc1.O=C(O)C(F)(F)F. The maximum atomic E-state index is 10.6. The van der Waals surface area contributed by atoms with Crippen molar-refractivity contribution in [1.82, 2.24) is 0 Å². The van der Waals surface area contributed by atoms with E-state index in [1.54, 1.807) is 0 Å². The van der Waals surface area contributed by atoms with Gasteiger partial charge in [-0.3, -0.25) is 0 Å². The molecule has 0 aliphatic carbocycles. The molecule has 3 nitrogen and oxygen atoms in total. The van der Waals surface area contributed by atoms with Crippen LogP contribution in [0.15, 0.2) is 30.3 Å². The van der Waals surface area contributed by atoms with E-state index in [1.807, 2.05) is 0 Å². The number of carbonyl (C=O) groups is 1. The van der Waals surface area contributed by atoms with Gasteiger partial charge in [0.1, 0.15) is 6.54 Å². The maximum Gasteiger partial charge on any atom is 0.490 e. The zero-order valence-electron chi connectivity index (χ0n) is 10.5. The van der Waals surface area contributed by atoms with Gasteiger partial charge >= 0.3 is 12.1 Å². The lowest BCUT2D eigenvalue weighted by Gasteiger charge is -2.23. The summed E-state index contributed by atoms with van der Waals surface area (Å²) in [4.78, 5) is 8.90. The van der Waals surface area contributed by atoms with Crippen molar-refractivity contribution in [2.75, 3.05) is 21.1 Å². The van der Waals surface area contributed by atoms with E-state index in [-0.39, 0.29) is 0 Å². The van der Waals surface area contributed by atoms with Gasteiger partial charge in [0.2, 0.25) is 0 Å². The molecule has 0 fully saturated rings. The Morgan fingerprint density at radius 2 is 1.56 bits per heavy atom. The Bertz CT molecular complexity index is 369. The number of rotatable bonds is 2. The predicted octanol–water partition coefficient (Wildman–Crippen LogP) is 2.53. The third-order valence-corrected chi connectivity index (χ3v) is 1.74. The highest BCUT2D eigenvalue weighted by molar-refractivity contribution is 5.73. The number of aliphatic carboxylic acids is 1. The molecule has 0 bridgehead atoms. The number of benzene rings is 1. The molecule has 0 aliphatic heterocycles. The zero-order chi connectivity index (χ0) is 14.4. The van der Waals surface area contributed by atoms with Gasteiger partial charge in [0.15, 0.2) is 0 Å². The molecular formula is C12H17F3NO2+. The number of quaternary nitrogens is 1. The molecule has 18 heavy (non-hydrogen) atoms. The van der Waals surface area contributed by atoms with Crippen molar-refractivity contribution in [3.8, 4) is 0 Å². The Hall–Kier alpha value is -1.56. The van der Waals surface area contributed by atoms with E-state index in [0.29, 0.717) is 0 Å². The summed E-state index contributed by atoms with van der Waals surface area (Å²) in [6.45, 7) is 1.10. The largest absolute Gasteiger partial charge is 0.490 e. The van der Waals surface area contributed by atoms with Crippen molar-refractivity contribution in [3.05, 3.63) is 35.9 Å². The summed E-state index contributed by atoms with van der Waals surface area (Å²) >= 11 is 0. The molecule has 1 aromatic rings. The number of alkyl halides is 3. The molecule has 102 valence electrons. The summed E-state index contributed by atoms with van der Waals surface area (Å²) in [6.07, 6.45) is -5.08. The van der Waals surface area contributed by atoms with Crippen LogP contribution in [0.5, 0.6) is 0 Å². The average Bonchev–Trinajstić information content (AvgIpc) is 2.15. The average molecular weight is 264 g/mol. The fraction of sp³-hybridized carbons (Fsp3) is 0.417. The maximum absolute atomic E-state index is 10.6. The lowest BCUT2D eigenvalue weighted by atomic mass is 10.2. The Morgan fingerprint density at radius 1 is 1.17 bits per heavy atom. The Balaban J connectivity index is 0.000000360. The molecule has 0 amide bonds. The van der Waals surface area contributed by atoms with E-state index in [1.165, 1.54) is 5.56 Å². The normalized spacial score (nSPS) is 11.4. The fourth-order valence-electron chi connectivity index (χ4n) is 1.13. The summed E-state index contributed by atoms with van der Waals surface area (Å²) in [5.41, 5.74) is 1.40. The molecule has 6 heteroatoms. The molecule has 0 atom stereocenters. The first-order valence-electron chi connectivity index (χ1n) is 5.17. The van der Waals surface area contributed by atoms with E-state index >= 15 is 0 Å². The fourth-order valence-corrected chi connectivity index (χ4v) is 1.13. The number of halogens is 3. The molecule has 1 rings (SSSR count). The van der Waals surface area contributed by atoms with Crippen LogP contribution in [-0.2, 0) is 11.3 Å². The minimum absolute atomic E-state index is 0.990. The molecule has 1 N–H and O–H groups in total. The topological polar surface area (TPSA) is 37.3 Å². The number of carboxylic acid groups (broad SMARTS) is 1.